The zero-order valence-corrected chi connectivity index (χ0v) is 9.95. The maximum Gasteiger partial charge on any atom is 0.345 e. The van der Waals surface area contributed by atoms with Crippen LogP contribution in [0, 0.1) is 6.58 Å². The number of carbonyl (C=O) groups is 2. The van der Waals surface area contributed by atoms with Crippen LogP contribution in [-0.2, 0) is 19.1 Å². The Morgan fingerprint density at radius 3 is 1.62 bits per heavy atom. The number of hydrogen-bond acceptors (Lipinski definition) is 4. The van der Waals surface area contributed by atoms with Crippen molar-refractivity contribution in [1.29, 1.82) is 0 Å². The van der Waals surface area contributed by atoms with E-state index in [0.717, 1.165) is 25.7 Å². The molecule has 4 heteroatoms. The summed E-state index contributed by atoms with van der Waals surface area (Å²) in [6.07, 6.45) is 3.33. The zero-order chi connectivity index (χ0) is 12.4. The molecular weight excluding hydrogens is 208 g/mol. The van der Waals surface area contributed by atoms with Gasteiger partial charge in [0.15, 0.2) is 0 Å². The summed E-state index contributed by atoms with van der Waals surface area (Å²) in [7, 11) is 0. The Morgan fingerprint density at radius 2 is 1.31 bits per heavy atom. The summed E-state index contributed by atoms with van der Waals surface area (Å²) in [6.45, 7) is 9.79. The number of rotatable bonds is 8. The van der Waals surface area contributed by atoms with Gasteiger partial charge in [0.2, 0.25) is 0 Å². The molecule has 0 saturated carbocycles. The molecule has 0 bridgehead atoms. The van der Waals surface area contributed by atoms with Crippen LogP contribution in [0.3, 0.4) is 0 Å². The summed E-state index contributed by atoms with van der Waals surface area (Å²) >= 11 is 0. The molecule has 0 amide bonds. The van der Waals surface area contributed by atoms with Crippen molar-refractivity contribution in [3.63, 3.8) is 0 Å². The summed E-state index contributed by atoms with van der Waals surface area (Å²) in [5, 5.41) is 0. The van der Waals surface area contributed by atoms with Gasteiger partial charge in [-0.25, -0.2) is 9.59 Å². The number of ether oxygens (including phenoxy) is 2. The molecule has 0 fully saturated rings. The van der Waals surface area contributed by atoms with Crippen molar-refractivity contribution >= 4 is 11.9 Å². The van der Waals surface area contributed by atoms with E-state index in [0.29, 0.717) is 0 Å². The van der Waals surface area contributed by atoms with Crippen molar-refractivity contribution in [3.8, 4) is 0 Å². The maximum absolute atomic E-state index is 11.2. The van der Waals surface area contributed by atoms with Gasteiger partial charge in [-0.3, -0.25) is 0 Å². The van der Waals surface area contributed by atoms with Crippen LogP contribution < -0.4 is 0 Å². The van der Waals surface area contributed by atoms with Crippen LogP contribution >= 0.6 is 0 Å². The van der Waals surface area contributed by atoms with Crippen molar-refractivity contribution in [2.45, 2.75) is 39.5 Å². The van der Waals surface area contributed by atoms with E-state index < -0.39 is 17.5 Å². The van der Waals surface area contributed by atoms with Gasteiger partial charge in [-0.05, 0) is 19.4 Å². The molecule has 0 aliphatic rings. The molecular formula is C12H19O4. The second-order valence-corrected chi connectivity index (χ2v) is 3.39. The zero-order valence-electron chi connectivity index (χ0n) is 9.95. The molecule has 0 aliphatic heterocycles. The molecule has 0 saturated heterocycles. The highest BCUT2D eigenvalue weighted by Gasteiger charge is 2.18. The minimum Gasteiger partial charge on any atom is -0.462 e. The quantitative estimate of drug-likeness (QED) is 0.209. The third-order valence-electron chi connectivity index (χ3n) is 1.90. The average molecular weight is 227 g/mol. The molecule has 16 heavy (non-hydrogen) atoms. The van der Waals surface area contributed by atoms with Crippen molar-refractivity contribution < 1.29 is 19.1 Å². The number of hydrogen-bond donors (Lipinski definition) is 0. The van der Waals surface area contributed by atoms with Crippen LogP contribution in [0.25, 0.3) is 0 Å². The molecule has 0 aromatic rings. The molecule has 0 rings (SSSR count). The Balaban J connectivity index is 3.83. The fourth-order valence-electron chi connectivity index (χ4n) is 0.857. The normalized spacial score (nSPS) is 9.62. The summed E-state index contributed by atoms with van der Waals surface area (Å²) in [4.78, 5) is 22.4. The van der Waals surface area contributed by atoms with Crippen LogP contribution in [0.2, 0.25) is 0 Å². The molecule has 91 valence electrons. The van der Waals surface area contributed by atoms with Crippen molar-refractivity contribution in [2.24, 2.45) is 0 Å². The molecule has 0 aromatic carbocycles. The van der Waals surface area contributed by atoms with Gasteiger partial charge >= 0.3 is 11.9 Å². The van der Waals surface area contributed by atoms with E-state index in [1.807, 2.05) is 13.8 Å². The van der Waals surface area contributed by atoms with E-state index in [1.54, 1.807) is 0 Å². The van der Waals surface area contributed by atoms with Crippen molar-refractivity contribution in [1.82, 2.24) is 0 Å². The Labute approximate surface area is 96.6 Å². The van der Waals surface area contributed by atoms with Gasteiger partial charge in [-0.15, -0.1) is 0 Å². The Hall–Kier alpha value is -1.32. The van der Waals surface area contributed by atoms with Gasteiger partial charge in [0.05, 0.1) is 13.2 Å². The second-order valence-electron chi connectivity index (χ2n) is 3.39. The lowest BCUT2D eigenvalue weighted by Gasteiger charge is -2.06. The third kappa shape index (κ3) is 6.22. The average Bonchev–Trinajstić information content (AvgIpc) is 2.28. The van der Waals surface area contributed by atoms with Gasteiger partial charge < -0.3 is 9.47 Å². The molecule has 4 nitrogen and oxygen atoms in total. The van der Waals surface area contributed by atoms with E-state index in [9.17, 15) is 9.59 Å². The highest BCUT2D eigenvalue weighted by molar-refractivity contribution is 6.12. The minimum atomic E-state index is -0.796. The molecule has 0 aromatic heterocycles. The molecule has 0 atom stereocenters. The van der Waals surface area contributed by atoms with Gasteiger partial charge in [0.25, 0.3) is 0 Å². The lowest BCUT2D eigenvalue weighted by atomic mass is 10.3. The standard InChI is InChI=1S/C12H19O4/c1-4-6-8-15-11(13)10(3)12(14)16-9-7-5-2/h3H,4-9H2,1-2H3. The van der Waals surface area contributed by atoms with Gasteiger partial charge in [0, 0.05) is 0 Å². The van der Waals surface area contributed by atoms with E-state index >= 15 is 0 Å². The molecule has 0 N–H and O–H groups in total. The molecule has 1 radical (unpaired) electrons. The summed E-state index contributed by atoms with van der Waals surface area (Å²) in [5.41, 5.74) is -0.479. The van der Waals surface area contributed by atoms with Crippen LogP contribution in [0.4, 0.5) is 0 Å². The minimum absolute atomic E-state index is 0.276. The first kappa shape index (κ1) is 14.7. The molecule has 0 aliphatic carbocycles. The first-order valence-electron chi connectivity index (χ1n) is 5.60. The van der Waals surface area contributed by atoms with E-state index in [2.05, 4.69) is 0 Å². The van der Waals surface area contributed by atoms with E-state index in [1.165, 1.54) is 0 Å². The largest absolute Gasteiger partial charge is 0.462 e. The number of unbranched alkanes of at least 4 members (excludes halogenated alkanes) is 2. The monoisotopic (exact) mass is 227 g/mol. The fraction of sp³-hybridized carbons (Fsp3) is 0.667. The lowest BCUT2D eigenvalue weighted by molar-refractivity contribution is -0.147. The number of esters is 2. The van der Waals surface area contributed by atoms with Crippen LogP contribution in [0.1, 0.15) is 39.5 Å². The highest BCUT2D eigenvalue weighted by Crippen LogP contribution is 2.01. The first-order valence-corrected chi connectivity index (χ1v) is 5.60. The maximum atomic E-state index is 11.2. The summed E-state index contributed by atoms with van der Waals surface area (Å²) in [6, 6.07) is 0. The van der Waals surface area contributed by atoms with Crippen LogP contribution in [0.5, 0.6) is 0 Å². The highest BCUT2D eigenvalue weighted by atomic mass is 16.6. The first-order chi connectivity index (χ1) is 7.63. The molecule has 0 unspecified atom stereocenters. The fourth-order valence-corrected chi connectivity index (χ4v) is 0.857. The smallest absolute Gasteiger partial charge is 0.345 e. The molecule has 0 heterocycles. The van der Waals surface area contributed by atoms with Gasteiger partial charge in [0.1, 0.15) is 5.57 Å². The second kappa shape index (κ2) is 8.95. The Morgan fingerprint density at radius 1 is 0.938 bits per heavy atom. The predicted octanol–water partition coefficient (Wildman–Crippen LogP) is 2.03. The van der Waals surface area contributed by atoms with Crippen molar-refractivity contribution in [2.75, 3.05) is 13.2 Å². The third-order valence-corrected chi connectivity index (χ3v) is 1.90. The lowest BCUT2D eigenvalue weighted by Crippen LogP contribution is -2.18. The summed E-state index contributed by atoms with van der Waals surface area (Å²) < 4.78 is 9.54. The Kier molecular flexibility index (Phi) is 8.21. The molecule has 0 spiro atoms. The predicted molar refractivity (Wildman–Crippen MR) is 59.5 cm³/mol. The topological polar surface area (TPSA) is 52.6 Å². The van der Waals surface area contributed by atoms with Gasteiger partial charge in [-0.2, -0.15) is 0 Å². The van der Waals surface area contributed by atoms with Crippen LogP contribution in [0.15, 0.2) is 5.57 Å². The number of carbonyl (C=O) groups excluding carboxylic acids is 2. The Bertz CT molecular complexity index is 221. The van der Waals surface area contributed by atoms with Gasteiger partial charge in [-0.1, -0.05) is 26.7 Å². The SMILES string of the molecule is [CH]=C(C(=O)OCCCC)C(=O)OCCCC. The van der Waals surface area contributed by atoms with Crippen molar-refractivity contribution in [3.05, 3.63) is 12.2 Å². The summed E-state index contributed by atoms with van der Waals surface area (Å²) in [5.74, 6) is -1.59. The van der Waals surface area contributed by atoms with E-state index in [4.69, 9.17) is 16.1 Å². The van der Waals surface area contributed by atoms with E-state index in [-0.39, 0.29) is 13.2 Å². The van der Waals surface area contributed by atoms with Crippen LogP contribution in [-0.4, -0.2) is 25.2 Å².